The summed E-state index contributed by atoms with van der Waals surface area (Å²) in [4.78, 5) is 241. The zero-order chi connectivity index (χ0) is 86.1. The number of phenolic OH excluding ortho intramolecular Hbond substituents is 1. The molecule has 0 saturated carbocycles. The Morgan fingerprint density at radius 3 is 1.34 bits per heavy atom. The van der Waals surface area contributed by atoms with Gasteiger partial charge >= 0.3 is 17.9 Å². The zero-order valence-electron chi connectivity index (χ0n) is 64.4. The van der Waals surface area contributed by atoms with E-state index < -0.39 is 261 Å². The molecule has 1 rings (SSSR count). The third-order valence-corrected chi connectivity index (χ3v) is 17.2. The lowest BCUT2D eigenvalue weighted by atomic mass is 9.96. The van der Waals surface area contributed by atoms with E-state index in [-0.39, 0.29) is 56.0 Å². The van der Waals surface area contributed by atoms with Crippen molar-refractivity contribution in [2.75, 3.05) is 45.9 Å². The molecule has 0 fully saturated rings. The summed E-state index contributed by atoms with van der Waals surface area (Å²) >= 11 is 0. The number of carboxylic acid groups (broad SMARTS) is 3. The first-order valence-electron chi connectivity index (χ1n) is 36.2. The summed E-state index contributed by atoms with van der Waals surface area (Å²) in [6.07, 6.45) is -4.67. The van der Waals surface area contributed by atoms with E-state index in [4.69, 9.17) is 28.0 Å². The first-order chi connectivity index (χ1) is 52.9. The number of hydrogen-bond acceptors (Lipinski definition) is 25. The Morgan fingerprint density at radius 1 is 0.416 bits per heavy atom. The molecule has 0 unspecified atom stereocenters. The molecule has 0 heterocycles. The number of nitrogens with zero attached hydrogens (tertiary/aromatic N) is 1. The number of unbranched alkanes of at least 4 members (excludes halogenated alkanes) is 1. The topological polar surface area (TPSA) is 746 Å². The van der Waals surface area contributed by atoms with Crippen LogP contribution in [-0.4, -0.2) is 279 Å². The van der Waals surface area contributed by atoms with Gasteiger partial charge in [0, 0.05) is 13.0 Å². The molecule has 0 saturated heterocycles. The Morgan fingerprint density at radius 2 is 0.832 bits per heavy atom. The van der Waals surface area contributed by atoms with Gasteiger partial charge in [-0.1, -0.05) is 66.5 Å². The molecular weight excluding hydrogens is 1500 g/mol. The van der Waals surface area contributed by atoms with Gasteiger partial charge in [0.25, 0.3) is 0 Å². The van der Waals surface area contributed by atoms with Crippen LogP contribution in [0.4, 0.5) is 0 Å². The van der Waals surface area contributed by atoms with Gasteiger partial charge in [0.1, 0.15) is 84.8 Å². The maximum atomic E-state index is 14.2. The van der Waals surface area contributed by atoms with Crippen molar-refractivity contribution in [3.05, 3.63) is 29.8 Å². The molecule has 0 radical (unpaired) electrons. The van der Waals surface area contributed by atoms with Crippen molar-refractivity contribution in [3.63, 3.8) is 0 Å². The number of aliphatic hydroxyl groups is 3. The van der Waals surface area contributed by atoms with Crippen LogP contribution in [0.3, 0.4) is 0 Å². The molecule has 0 aromatic heterocycles. The molecule has 30 N–H and O–H groups in total. The standard InChI is InChI=1S/C68H112N20O25/c1-10-32(5)53(86-61(107)43(25-49(98)99)83-66(112)54(33(6)11-2)87-63(109)51(70)35(8)90)64(110)76-27-46(94)74-26-45(93)75-28-47(95)79-40(16-14-22-73-68(71)72)58(104)88-55(36(9)91)67(113)82-41(23-37-17-19-38(92)20-18-37)59(105)78-34(7)56(102)81-42(24-48(96)97)60(106)84-44(30-89)62(108)85-52(31(3)4)65(111)80-39(15-12-13-21-69)57(103)77-29-50(100)101/h17-20,31-36,39-44,51-55,89-92H,10-16,21-30,69-70H2,1-9H3,(H,74,94)(H,75,93)(H,76,110)(H,77,103)(H,78,105)(H,79,95)(H,80,111)(H,81,102)(H,82,113)(H,83,112)(H,84,106)(H,85,108)(H,86,107)(H,87,109)(H,88,104)(H,96,97)(H,98,99)(H,100,101)(H4,71,72,73)/t32-,33-,34-,35+,36+,39-,40-,41-,42-,43-,44-,51-,52-,53-,54-,55-/m0/s1. The molecule has 15 amide bonds. The predicted octanol–water partition coefficient (Wildman–Crippen LogP) is -10.2. The number of nitrogens with two attached hydrogens (primary N) is 4. The lowest BCUT2D eigenvalue weighted by Crippen LogP contribution is -2.62. The Balaban J connectivity index is 3.32. The van der Waals surface area contributed by atoms with Crippen molar-refractivity contribution >= 4 is 112 Å². The Labute approximate surface area is 650 Å². The van der Waals surface area contributed by atoms with Gasteiger partial charge in [0.2, 0.25) is 88.6 Å². The molecule has 16 atom stereocenters. The lowest BCUT2D eigenvalue weighted by molar-refractivity contribution is -0.142. The van der Waals surface area contributed by atoms with E-state index in [1.54, 1.807) is 27.7 Å². The number of nitrogens with one attached hydrogen (secondary N) is 15. The number of aliphatic carboxylic acids is 3. The first-order valence-corrected chi connectivity index (χ1v) is 36.2. The molecule has 634 valence electrons. The molecule has 1 aromatic carbocycles. The summed E-state index contributed by atoms with van der Waals surface area (Å²) in [6, 6.07) is -14.6. The number of guanidine groups is 1. The van der Waals surface area contributed by atoms with Crippen LogP contribution < -0.4 is 103 Å². The molecule has 0 aliphatic carbocycles. The summed E-state index contributed by atoms with van der Waals surface area (Å²) in [6.45, 7) is 8.53. The van der Waals surface area contributed by atoms with E-state index in [1.165, 1.54) is 45.0 Å². The highest BCUT2D eigenvalue weighted by Gasteiger charge is 2.39. The number of carbonyl (C=O) groups excluding carboxylic acids is 15. The molecule has 45 nitrogen and oxygen atoms in total. The third kappa shape index (κ3) is 37.9. The number of phenols is 1. The fourth-order valence-corrected chi connectivity index (χ4v) is 10.2. The van der Waals surface area contributed by atoms with Crippen LogP contribution in [0.5, 0.6) is 5.75 Å². The second-order valence-corrected chi connectivity index (χ2v) is 27.0. The molecule has 0 aliphatic rings. The Bertz CT molecular complexity index is 3470. The van der Waals surface area contributed by atoms with Crippen LogP contribution in [-0.2, 0) is 92.7 Å². The second kappa shape index (κ2) is 51.2. The van der Waals surface area contributed by atoms with E-state index in [0.717, 1.165) is 13.8 Å². The summed E-state index contributed by atoms with van der Waals surface area (Å²) in [5.74, 6) is -23.3. The maximum absolute atomic E-state index is 14.2. The Kier molecular flexibility index (Phi) is 45.1. The van der Waals surface area contributed by atoms with Gasteiger partial charge in [-0.05, 0) is 94.9 Å². The molecule has 113 heavy (non-hydrogen) atoms. The third-order valence-electron chi connectivity index (χ3n) is 17.2. The summed E-state index contributed by atoms with van der Waals surface area (Å²) in [7, 11) is 0. The van der Waals surface area contributed by atoms with Crippen LogP contribution >= 0.6 is 0 Å². The highest BCUT2D eigenvalue weighted by molar-refractivity contribution is 6.01. The molecular formula is C68H112N20O25. The average molecular weight is 1610 g/mol. The fourth-order valence-electron chi connectivity index (χ4n) is 10.2. The van der Waals surface area contributed by atoms with Crippen molar-refractivity contribution in [1.82, 2.24) is 79.8 Å². The van der Waals surface area contributed by atoms with E-state index >= 15 is 0 Å². The maximum Gasteiger partial charge on any atom is 0.322 e. The van der Waals surface area contributed by atoms with Crippen molar-refractivity contribution in [2.45, 2.75) is 211 Å². The minimum Gasteiger partial charge on any atom is -0.508 e. The van der Waals surface area contributed by atoms with Crippen LogP contribution in [0.25, 0.3) is 0 Å². The zero-order valence-corrected chi connectivity index (χ0v) is 64.4. The number of hydrogen-bond donors (Lipinski definition) is 26. The average Bonchev–Trinajstić information content (AvgIpc) is 0.853. The van der Waals surface area contributed by atoms with Gasteiger partial charge in [-0.15, -0.1) is 0 Å². The predicted molar refractivity (Wildman–Crippen MR) is 398 cm³/mol. The molecule has 0 bridgehead atoms. The van der Waals surface area contributed by atoms with Crippen LogP contribution in [0.15, 0.2) is 29.3 Å². The molecule has 0 spiro atoms. The van der Waals surface area contributed by atoms with Crippen molar-refractivity contribution in [3.8, 4) is 5.75 Å². The highest BCUT2D eigenvalue weighted by Crippen LogP contribution is 2.16. The number of rotatable bonds is 53. The second-order valence-electron chi connectivity index (χ2n) is 27.0. The van der Waals surface area contributed by atoms with Gasteiger partial charge in [-0.25, -0.2) is 0 Å². The van der Waals surface area contributed by atoms with Gasteiger partial charge in [0.15, 0.2) is 5.96 Å². The Hall–Kier alpha value is -11.4. The normalized spacial score (nSPS) is 15.2. The van der Waals surface area contributed by atoms with Crippen molar-refractivity contribution in [1.29, 1.82) is 0 Å². The number of benzene rings is 1. The fraction of sp³-hybridized carbons (Fsp3) is 0.632. The van der Waals surface area contributed by atoms with E-state index in [9.17, 15) is 117 Å². The highest BCUT2D eigenvalue weighted by atomic mass is 16.4. The minimum atomic E-state index is -2.05. The number of aromatic hydroxyl groups is 1. The number of carboxylic acids is 3. The number of amides is 15. The van der Waals surface area contributed by atoms with Crippen molar-refractivity contribution < 1.29 is 122 Å². The molecule has 1 aromatic rings. The summed E-state index contributed by atoms with van der Waals surface area (Å²) < 4.78 is 0. The summed E-state index contributed by atoms with van der Waals surface area (Å²) in [5.41, 5.74) is 22.5. The van der Waals surface area contributed by atoms with Gasteiger partial charge < -0.3 is 138 Å². The minimum absolute atomic E-state index is 0.0123. The van der Waals surface area contributed by atoms with E-state index in [0.29, 0.717) is 19.3 Å². The van der Waals surface area contributed by atoms with Crippen LogP contribution in [0.1, 0.15) is 126 Å². The SMILES string of the molecule is CC[C@H](C)[C@H](NC(=O)[C@H](CC(=O)O)NC(=O)[C@@H](NC(=O)[C@@H](N)[C@@H](C)O)[C@@H](C)CC)C(=O)NCC(=O)NCC(=O)NCC(=O)N[C@@H](CCCN=C(N)N)C(=O)N[C@H](C(=O)N[C@@H](Cc1ccc(O)cc1)C(=O)N[C@@H](C)C(=O)N[C@@H](CC(=O)O)C(=O)N[C@@H](CO)C(=O)N[C@H](C(=O)N[C@@H](CCCCN)C(=O)NCC(=O)O)C(C)C)[C@@H](C)O. The van der Waals surface area contributed by atoms with Crippen LogP contribution in [0.2, 0.25) is 0 Å². The number of carbonyl (C=O) groups is 18. The van der Waals surface area contributed by atoms with E-state index in [2.05, 4.69) is 84.7 Å². The van der Waals surface area contributed by atoms with Gasteiger partial charge in [-0.2, -0.15) is 0 Å². The quantitative estimate of drug-likeness (QED) is 0.0164. The lowest BCUT2D eigenvalue weighted by Gasteiger charge is -2.29. The largest absolute Gasteiger partial charge is 0.508 e. The number of aliphatic imine (C=N–C) groups is 1. The van der Waals surface area contributed by atoms with Gasteiger partial charge in [0.05, 0.1) is 51.3 Å². The number of aliphatic hydroxyl groups excluding tert-OH is 3. The monoisotopic (exact) mass is 1610 g/mol. The molecule has 45 heteroatoms. The van der Waals surface area contributed by atoms with Gasteiger partial charge in [-0.3, -0.25) is 91.3 Å². The van der Waals surface area contributed by atoms with Crippen molar-refractivity contribution in [2.24, 2.45) is 45.7 Å². The first kappa shape index (κ1) is 99.6. The smallest absolute Gasteiger partial charge is 0.322 e. The molecule has 0 aliphatic heterocycles. The van der Waals surface area contributed by atoms with Crippen LogP contribution in [0, 0.1) is 17.8 Å². The van der Waals surface area contributed by atoms with E-state index in [1.807, 2.05) is 0 Å². The summed E-state index contributed by atoms with van der Waals surface area (Å²) in [5, 5.41) is 104.